The predicted molar refractivity (Wildman–Crippen MR) is 124 cm³/mol. The molecule has 182 valence electrons. The number of rotatable bonds is 3. The lowest BCUT2D eigenvalue weighted by molar-refractivity contribution is 0.0124. The van der Waals surface area contributed by atoms with Crippen LogP contribution < -0.4 is 0 Å². The van der Waals surface area contributed by atoms with Crippen molar-refractivity contribution in [2.24, 2.45) is 0 Å². The molecule has 2 aliphatic rings. The van der Waals surface area contributed by atoms with Gasteiger partial charge in [0.25, 0.3) is 0 Å². The zero-order valence-corrected chi connectivity index (χ0v) is 19.9. The van der Waals surface area contributed by atoms with E-state index in [9.17, 15) is 9.18 Å². The van der Waals surface area contributed by atoms with Crippen LogP contribution in [0.4, 0.5) is 9.18 Å². The number of aromatic nitrogens is 4. The number of carbonyl (C=O) groups is 1. The third-order valence-corrected chi connectivity index (χ3v) is 6.75. The van der Waals surface area contributed by atoms with Gasteiger partial charge in [-0.2, -0.15) is 10.1 Å². The molecular formula is C24H31FN6O3. The van der Waals surface area contributed by atoms with Crippen LogP contribution in [-0.2, 0) is 4.74 Å². The Labute approximate surface area is 197 Å². The summed E-state index contributed by atoms with van der Waals surface area (Å²) in [6.45, 7) is 8.99. The van der Waals surface area contributed by atoms with Gasteiger partial charge in [0.05, 0.1) is 17.3 Å². The van der Waals surface area contributed by atoms with Crippen LogP contribution in [-0.4, -0.2) is 74.1 Å². The molecule has 2 aliphatic heterocycles. The van der Waals surface area contributed by atoms with E-state index in [-0.39, 0.29) is 17.8 Å². The third kappa shape index (κ3) is 4.64. The Morgan fingerprint density at radius 2 is 1.88 bits per heavy atom. The Hall–Kier alpha value is -3.01. The van der Waals surface area contributed by atoms with E-state index in [2.05, 4.69) is 25.2 Å². The number of fused-ring (bicyclic) bond motifs is 1. The summed E-state index contributed by atoms with van der Waals surface area (Å²) in [4.78, 5) is 21.2. The first-order valence-corrected chi connectivity index (χ1v) is 12.0. The van der Waals surface area contributed by atoms with E-state index in [1.807, 2.05) is 25.7 Å². The molecule has 0 spiro atoms. The van der Waals surface area contributed by atoms with Crippen molar-refractivity contribution in [3.63, 3.8) is 0 Å². The smallest absolute Gasteiger partial charge is 0.410 e. The number of hydrogen-bond acceptors (Lipinski definition) is 7. The number of aromatic amines is 1. The average molecular weight is 471 g/mol. The number of nitrogens with one attached hydrogen (secondary N) is 1. The number of piperidine rings is 2. The number of halogens is 1. The van der Waals surface area contributed by atoms with Crippen molar-refractivity contribution in [2.45, 2.75) is 64.0 Å². The lowest BCUT2D eigenvalue weighted by Crippen LogP contribution is -2.49. The van der Waals surface area contributed by atoms with Crippen molar-refractivity contribution in [1.82, 2.24) is 30.1 Å². The van der Waals surface area contributed by atoms with E-state index >= 15 is 0 Å². The molecule has 0 saturated carbocycles. The standard InChI is InChI=1S/C24H31FN6O3/c1-24(2,3)33-23(32)31-12-8-16(9-13-31)30-10-6-15(7-11-30)22-27-21(29-34-22)20-17-14-26-28-19(17)5-4-18(20)25/h4-5,14-16H,6-13H2,1-3H3,(H,26,28). The number of H-pyrrole nitrogens is 1. The summed E-state index contributed by atoms with van der Waals surface area (Å²) in [5.41, 5.74) is 0.575. The fraction of sp³-hybridized carbons (Fsp3) is 0.583. The first kappa shape index (κ1) is 22.8. The summed E-state index contributed by atoms with van der Waals surface area (Å²) in [6.07, 6.45) is 5.07. The predicted octanol–water partition coefficient (Wildman–Crippen LogP) is 4.33. The lowest BCUT2D eigenvalue weighted by atomic mass is 9.93. The van der Waals surface area contributed by atoms with Crippen LogP contribution in [0.5, 0.6) is 0 Å². The van der Waals surface area contributed by atoms with Gasteiger partial charge in [-0.1, -0.05) is 5.16 Å². The first-order valence-electron chi connectivity index (χ1n) is 12.0. The number of likely N-dealkylation sites (tertiary alicyclic amines) is 2. The molecule has 3 aromatic rings. The Kier molecular flexibility index (Phi) is 6.01. The summed E-state index contributed by atoms with van der Waals surface area (Å²) < 4.78 is 25.6. The molecule has 1 aromatic carbocycles. The van der Waals surface area contributed by atoms with Crippen molar-refractivity contribution >= 4 is 17.0 Å². The van der Waals surface area contributed by atoms with Gasteiger partial charge in [0.15, 0.2) is 0 Å². The molecule has 0 atom stereocenters. The molecule has 0 radical (unpaired) electrons. The Morgan fingerprint density at radius 3 is 2.59 bits per heavy atom. The van der Waals surface area contributed by atoms with Crippen LogP contribution in [0.2, 0.25) is 0 Å². The molecule has 2 saturated heterocycles. The lowest BCUT2D eigenvalue weighted by Gasteiger charge is -2.41. The molecule has 10 heteroatoms. The molecule has 1 amide bonds. The molecule has 5 rings (SSSR count). The second-order valence-corrected chi connectivity index (χ2v) is 10.2. The minimum absolute atomic E-state index is 0.158. The normalized spacial score (nSPS) is 19.1. The molecule has 34 heavy (non-hydrogen) atoms. The van der Waals surface area contributed by atoms with Crippen molar-refractivity contribution in [3.05, 3.63) is 30.0 Å². The van der Waals surface area contributed by atoms with Crippen LogP contribution in [0.1, 0.15) is 58.3 Å². The second-order valence-electron chi connectivity index (χ2n) is 10.2. The number of carbonyl (C=O) groups excluding carboxylic acids is 1. The maximum atomic E-state index is 14.5. The highest BCUT2D eigenvalue weighted by Gasteiger charge is 2.33. The molecule has 1 N–H and O–H groups in total. The van der Waals surface area contributed by atoms with Crippen molar-refractivity contribution in [2.75, 3.05) is 26.2 Å². The van der Waals surface area contributed by atoms with Crippen LogP contribution in [0.3, 0.4) is 0 Å². The molecule has 4 heterocycles. The minimum Gasteiger partial charge on any atom is -0.444 e. The average Bonchev–Trinajstić information content (AvgIpc) is 3.48. The second kappa shape index (κ2) is 8.98. The number of ether oxygens (including phenoxy) is 1. The minimum atomic E-state index is -0.471. The maximum absolute atomic E-state index is 14.5. The zero-order valence-electron chi connectivity index (χ0n) is 19.9. The van der Waals surface area contributed by atoms with E-state index in [0.717, 1.165) is 57.4 Å². The zero-order chi connectivity index (χ0) is 23.9. The molecule has 0 unspecified atom stereocenters. The molecule has 2 aromatic heterocycles. The van der Waals surface area contributed by atoms with E-state index in [1.54, 1.807) is 12.3 Å². The van der Waals surface area contributed by atoms with Gasteiger partial charge >= 0.3 is 6.09 Å². The molecule has 0 aliphatic carbocycles. The van der Waals surface area contributed by atoms with Crippen molar-refractivity contribution < 1.29 is 18.4 Å². The monoisotopic (exact) mass is 470 g/mol. The quantitative estimate of drug-likeness (QED) is 0.608. The highest BCUT2D eigenvalue weighted by Crippen LogP contribution is 2.33. The maximum Gasteiger partial charge on any atom is 0.410 e. The molecule has 9 nitrogen and oxygen atoms in total. The van der Waals surface area contributed by atoms with Crippen LogP contribution in [0.25, 0.3) is 22.3 Å². The first-order chi connectivity index (χ1) is 16.3. The Bertz CT molecular complexity index is 1150. The van der Waals surface area contributed by atoms with Gasteiger partial charge in [-0.15, -0.1) is 0 Å². The number of amides is 1. The van der Waals surface area contributed by atoms with E-state index in [1.165, 1.54) is 6.07 Å². The molecular weight excluding hydrogens is 439 g/mol. The van der Waals surface area contributed by atoms with Crippen molar-refractivity contribution in [1.29, 1.82) is 0 Å². The number of nitrogens with zero attached hydrogens (tertiary/aromatic N) is 5. The topological polar surface area (TPSA) is 100 Å². The number of benzene rings is 1. The summed E-state index contributed by atoms with van der Waals surface area (Å²) in [6, 6.07) is 3.50. The van der Waals surface area contributed by atoms with E-state index < -0.39 is 11.4 Å². The largest absolute Gasteiger partial charge is 0.444 e. The highest BCUT2D eigenvalue weighted by atomic mass is 19.1. The van der Waals surface area contributed by atoms with Gasteiger partial charge in [0, 0.05) is 30.4 Å². The fourth-order valence-electron chi connectivity index (χ4n) is 4.97. The van der Waals surface area contributed by atoms with Gasteiger partial charge in [0.2, 0.25) is 11.7 Å². The van der Waals surface area contributed by atoms with Crippen LogP contribution in [0, 0.1) is 5.82 Å². The number of hydrogen-bond donors (Lipinski definition) is 1. The summed E-state index contributed by atoms with van der Waals surface area (Å²) >= 11 is 0. The molecule has 0 bridgehead atoms. The van der Waals surface area contributed by atoms with E-state index in [0.29, 0.717) is 22.9 Å². The van der Waals surface area contributed by atoms with Gasteiger partial charge < -0.3 is 19.1 Å². The summed E-state index contributed by atoms with van der Waals surface area (Å²) in [7, 11) is 0. The third-order valence-electron chi connectivity index (χ3n) is 6.75. The van der Waals surface area contributed by atoms with Gasteiger partial charge in [-0.25, -0.2) is 9.18 Å². The SMILES string of the molecule is CC(C)(C)OC(=O)N1CCC(N2CCC(c3nc(-c4c(F)ccc5[nH]ncc45)no3)CC2)CC1. The molecule has 2 fully saturated rings. The van der Waals surface area contributed by atoms with Gasteiger partial charge in [-0.3, -0.25) is 5.10 Å². The Morgan fingerprint density at radius 1 is 1.15 bits per heavy atom. The highest BCUT2D eigenvalue weighted by molar-refractivity contribution is 5.92. The van der Waals surface area contributed by atoms with Crippen molar-refractivity contribution in [3.8, 4) is 11.4 Å². The fourth-order valence-corrected chi connectivity index (χ4v) is 4.97. The van der Waals surface area contributed by atoms with Crippen LogP contribution in [0.15, 0.2) is 22.9 Å². The van der Waals surface area contributed by atoms with Crippen LogP contribution >= 0.6 is 0 Å². The Balaban J connectivity index is 1.17. The van der Waals surface area contributed by atoms with Gasteiger partial charge in [-0.05, 0) is 71.7 Å². The van der Waals surface area contributed by atoms with E-state index in [4.69, 9.17) is 9.26 Å². The summed E-state index contributed by atoms with van der Waals surface area (Å²) in [5, 5.41) is 11.6. The summed E-state index contributed by atoms with van der Waals surface area (Å²) in [5.74, 6) is 0.588. The van der Waals surface area contributed by atoms with Gasteiger partial charge in [0.1, 0.15) is 11.4 Å².